The Morgan fingerprint density at radius 3 is 2.68 bits per heavy atom. The molecule has 1 atom stereocenters. The van der Waals surface area contributed by atoms with Crippen LogP contribution in [0.25, 0.3) is 0 Å². The van der Waals surface area contributed by atoms with Crippen LogP contribution in [0.15, 0.2) is 23.7 Å². The highest BCUT2D eigenvalue weighted by Gasteiger charge is 2.31. The highest BCUT2D eigenvalue weighted by molar-refractivity contribution is 5.98. The molecule has 120 valence electrons. The van der Waals surface area contributed by atoms with Crippen molar-refractivity contribution in [3.8, 4) is 0 Å². The van der Waals surface area contributed by atoms with E-state index in [0.717, 1.165) is 5.82 Å². The summed E-state index contributed by atoms with van der Waals surface area (Å²) < 4.78 is 1.90. The lowest BCUT2D eigenvalue weighted by atomic mass is 10.0. The number of aromatic nitrogens is 2. The number of carbonyl (C=O) groups excluding carboxylic acids is 2. The topological polar surface area (TPSA) is 79.3 Å². The minimum Gasteiger partial charge on any atom is -0.337 e. The van der Waals surface area contributed by atoms with Crippen LogP contribution in [0.2, 0.25) is 0 Å². The first-order chi connectivity index (χ1) is 10.3. The van der Waals surface area contributed by atoms with Gasteiger partial charge in [0.05, 0.1) is 18.2 Å². The zero-order valence-corrected chi connectivity index (χ0v) is 13.7. The maximum Gasteiger partial charge on any atom is 0.319 e. The number of nitrogens with one attached hydrogen (secondary N) is 2. The number of aryl methyl sites for hydroxylation is 1. The second-order valence-electron chi connectivity index (χ2n) is 5.84. The average molecular weight is 305 g/mol. The smallest absolute Gasteiger partial charge is 0.319 e. The first kappa shape index (κ1) is 16.1. The number of nitrogens with zero attached hydrogens (tertiary/aromatic N) is 3. The number of carbonyl (C=O) groups is 2. The van der Waals surface area contributed by atoms with Crippen LogP contribution in [0.3, 0.4) is 0 Å². The lowest BCUT2D eigenvalue weighted by Crippen LogP contribution is -2.51. The van der Waals surface area contributed by atoms with Gasteiger partial charge in [-0.15, -0.1) is 0 Å². The van der Waals surface area contributed by atoms with Gasteiger partial charge in [-0.2, -0.15) is 0 Å². The quantitative estimate of drug-likeness (QED) is 0.875. The molecule has 7 heteroatoms. The van der Waals surface area contributed by atoms with Crippen molar-refractivity contribution in [2.24, 2.45) is 7.05 Å². The molecule has 1 aromatic heterocycles. The minimum atomic E-state index is -0.316. The SMILES string of the molecule is CC1=C(C(=O)N(Cc2nccn2C)C(C)C)C(C)NC(=O)N1. The molecule has 0 fully saturated rings. The number of urea groups is 1. The van der Waals surface area contributed by atoms with Crippen molar-refractivity contribution < 1.29 is 9.59 Å². The van der Waals surface area contributed by atoms with Crippen molar-refractivity contribution in [1.29, 1.82) is 0 Å². The second-order valence-corrected chi connectivity index (χ2v) is 5.84. The summed E-state index contributed by atoms with van der Waals surface area (Å²) in [6.07, 6.45) is 3.57. The van der Waals surface area contributed by atoms with Gasteiger partial charge >= 0.3 is 6.03 Å². The molecule has 0 saturated carbocycles. The van der Waals surface area contributed by atoms with Crippen LogP contribution in [0.4, 0.5) is 4.79 Å². The van der Waals surface area contributed by atoms with Crippen molar-refractivity contribution in [2.75, 3.05) is 0 Å². The fourth-order valence-corrected chi connectivity index (χ4v) is 2.56. The van der Waals surface area contributed by atoms with Crippen molar-refractivity contribution in [2.45, 2.75) is 46.3 Å². The number of amides is 3. The number of imidazole rings is 1. The first-order valence-electron chi connectivity index (χ1n) is 7.36. The molecule has 0 bridgehead atoms. The Morgan fingerprint density at radius 1 is 1.50 bits per heavy atom. The molecule has 0 spiro atoms. The van der Waals surface area contributed by atoms with E-state index >= 15 is 0 Å². The summed E-state index contributed by atoms with van der Waals surface area (Å²) in [6.45, 7) is 7.93. The van der Waals surface area contributed by atoms with Gasteiger partial charge in [-0.3, -0.25) is 4.79 Å². The molecule has 0 aromatic carbocycles. The predicted octanol–water partition coefficient (Wildman–Crippen LogP) is 1.13. The normalized spacial score (nSPS) is 18.3. The second kappa shape index (κ2) is 6.21. The largest absolute Gasteiger partial charge is 0.337 e. The van der Waals surface area contributed by atoms with E-state index in [0.29, 0.717) is 17.8 Å². The molecule has 1 unspecified atom stereocenters. The number of hydrogen-bond donors (Lipinski definition) is 2. The summed E-state index contributed by atoms with van der Waals surface area (Å²) in [4.78, 5) is 30.5. The van der Waals surface area contributed by atoms with Crippen LogP contribution in [0.5, 0.6) is 0 Å². The van der Waals surface area contributed by atoms with Crippen LogP contribution >= 0.6 is 0 Å². The lowest BCUT2D eigenvalue weighted by molar-refractivity contribution is -0.130. The number of hydrogen-bond acceptors (Lipinski definition) is 3. The van der Waals surface area contributed by atoms with Gasteiger partial charge in [-0.1, -0.05) is 0 Å². The molecule has 1 aromatic rings. The molecule has 22 heavy (non-hydrogen) atoms. The van der Waals surface area contributed by atoms with Crippen LogP contribution < -0.4 is 10.6 Å². The van der Waals surface area contributed by atoms with Crippen LogP contribution in [0, 0.1) is 0 Å². The van der Waals surface area contributed by atoms with E-state index in [-0.39, 0.29) is 24.0 Å². The Morgan fingerprint density at radius 2 is 2.18 bits per heavy atom. The van der Waals surface area contributed by atoms with Gasteiger partial charge in [0.1, 0.15) is 5.82 Å². The molecule has 1 aliphatic heterocycles. The van der Waals surface area contributed by atoms with Crippen LogP contribution in [0.1, 0.15) is 33.5 Å². The van der Waals surface area contributed by atoms with Crippen LogP contribution in [-0.4, -0.2) is 38.5 Å². The predicted molar refractivity (Wildman–Crippen MR) is 82.7 cm³/mol. The molecular weight excluding hydrogens is 282 g/mol. The van der Waals surface area contributed by atoms with Crippen LogP contribution in [-0.2, 0) is 18.4 Å². The Labute approximate surface area is 130 Å². The van der Waals surface area contributed by atoms with Crippen molar-refractivity contribution in [3.63, 3.8) is 0 Å². The summed E-state index contributed by atoms with van der Waals surface area (Å²) in [5, 5.41) is 5.39. The standard InChI is InChI=1S/C15H23N5O2/c1-9(2)20(8-12-16-6-7-19(12)5)14(21)13-10(3)17-15(22)18-11(13)4/h6-7,9-10H,8H2,1-5H3,(H2,17,18,22). The van der Waals surface area contributed by atoms with Gasteiger partial charge in [-0.05, 0) is 27.7 Å². The Kier molecular flexibility index (Phi) is 4.54. The first-order valence-corrected chi connectivity index (χ1v) is 7.36. The van der Waals surface area contributed by atoms with E-state index in [4.69, 9.17) is 0 Å². The Bertz CT molecular complexity index is 617. The van der Waals surface area contributed by atoms with Gasteiger partial charge in [0.2, 0.25) is 0 Å². The summed E-state index contributed by atoms with van der Waals surface area (Å²) >= 11 is 0. The number of rotatable bonds is 4. The molecule has 0 aliphatic carbocycles. The molecular formula is C15H23N5O2. The van der Waals surface area contributed by atoms with E-state index in [1.807, 2.05) is 38.6 Å². The molecule has 0 saturated heterocycles. The number of allylic oxidation sites excluding steroid dienone is 1. The van der Waals surface area contributed by atoms with Gasteiger partial charge in [0.15, 0.2) is 0 Å². The fourth-order valence-electron chi connectivity index (χ4n) is 2.56. The summed E-state index contributed by atoms with van der Waals surface area (Å²) in [7, 11) is 1.90. The van der Waals surface area contributed by atoms with E-state index < -0.39 is 0 Å². The highest BCUT2D eigenvalue weighted by atomic mass is 16.2. The monoisotopic (exact) mass is 305 g/mol. The summed E-state index contributed by atoms with van der Waals surface area (Å²) in [6, 6.07) is -0.569. The zero-order chi connectivity index (χ0) is 16.4. The molecule has 7 nitrogen and oxygen atoms in total. The Balaban J connectivity index is 2.29. The summed E-state index contributed by atoms with van der Waals surface area (Å²) in [5.41, 5.74) is 1.19. The zero-order valence-electron chi connectivity index (χ0n) is 13.7. The molecule has 2 rings (SSSR count). The molecule has 1 aliphatic rings. The van der Waals surface area contributed by atoms with Gasteiger partial charge in [-0.25, -0.2) is 9.78 Å². The third-order valence-corrected chi connectivity index (χ3v) is 3.83. The van der Waals surface area contributed by atoms with Crippen molar-refractivity contribution in [1.82, 2.24) is 25.1 Å². The van der Waals surface area contributed by atoms with Gasteiger partial charge in [0, 0.05) is 31.2 Å². The summed E-state index contributed by atoms with van der Waals surface area (Å²) in [5.74, 6) is 0.733. The third kappa shape index (κ3) is 3.13. The van der Waals surface area contributed by atoms with E-state index in [1.54, 1.807) is 18.0 Å². The van der Waals surface area contributed by atoms with Crippen molar-refractivity contribution >= 4 is 11.9 Å². The molecule has 2 N–H and O–H groups in total. The van der Waals surface area contributed by atoms with E-state index in [2.05, 4.69) is 15.6 Å². The fraction of sp³-hybridized carbons (Fsp3) is 0.533. The molecule has 0 radical (unpaired) electrons. The van der Waals surface area contributed by atoms with Gasteiger partial charge < -0.3 is 20.1 Å². The highest BCUT2D eigenvalue weighted by Crippen LogP contribution is 2.18. The van der Waals surface area contributed by atoms with Gasteiger partial charge in [0.25, 0.3) is 5.91 Å². The maximum absolute atomic E-state index is 12.9. The van der Waals surface area contributed by atoms with Crippen molar-refractivity contribution in [3.05, 3.63) is 29.5 Å². The Hall–Kier alpha value is -2.31. The minimum absolute atomic E-state index is 0.0225. The maximum atomic E-state index is 12.9. The lowest BCUT2D eigenvalue weighted by Gasteiger charge is -2.32. The van der Waals surface area contributed by atoms with E-state index in [1.165, 1.54) is 0 Å². The third-order valence-electron chi connectivity index (χ3n) is 3.83. The van der Waals surface area contributed by atoms with E-state index in [9.17, 15) is 9.59 Å². The molecule has 2 heterocycles. The molecule has 3 amide bonds. The average Bonchev–Trinajstić information content (AvgIpc) is 2.79.